The summed E-state index contributed by atoms with van der Waals surface area (Å²) in [4.78, 5) is 12.9. The third-order valence-electron chi connectivity index (χ3n) is 2.81. The van der Waals surface area contributed by atoms with E-state index >= 15 is 0 Å². The zero-order chi connectivity index (χ0) is 10.3. The van der Waals surface area contributed by atoms with E-state index in [0.717, 1.165) is 0 Å². The molecule has 0 aliphatic carbocycles. The number of likely N-dealkylation sites (tertiary alicyclic amines) is 1. The second-order valence-corrected chi connectivity index (χ2v) is 6.02. The predicted octanol–water partition coefficient (Wildman–Crippen LogP) is 0.0142. The van der Waals surface area contributed by atoms with Crippen molar-refractivity contribution in [3.63, 3.8) is 0 Å². The van der Waals surface area contributed by atoms with Gasteiger partial charge in [0.25, 0.3) is 0 Å². The molecule has 0 saturated carbocycles. The Balaban J connectivity index is 2.07. The Morgan fingerprint density at radius 3 is 2.71 bits per heavy atom. The molecule has 14 heavy (non-hydrogen) atoms. The zero-order valence-corrected chi connectivity index (χ0v) is 8.79. The van der Waals surface area contributed by atoms with E-state index in [2.05, 4.69) is 0 Å². The SMILES string of the molecule is CCOC(=O)N1CC2CC1CS2(=O)=O. The van der Waals surface area contributed by atoms with Gasteiger partial charge < -0.3 is 9.64 Å². The van der Waals surface area contributed by atoms with Crippen LogP contribution in [0.4, 0.5) is 4.79 Å². The number of rotatable bonds is 1. The minimum absolute atomic E-state index is 0.108. The maximum Gasteiger partial charge on any atom is 0.410 e. The van der Waals surface area contributed by atoms with Gasteiger partial charge in [-0.1, -0.05) is 0 Å². The highest BCUT2D eigenvalue weighted by Crippen LogP contribution is 2.33. The van der Waals surface area contributed by atoms with Crippen LogP contribution in [-0.4, -0.2) is 49.6 Å². The molecular formula is C8H13NO4S. The summed E-state index contributed by atoms with van der Waals surface area (Å²) in [6, 6.07) is -0.149. The van der Waals surface area contributed by atoms with Crippen molar-refractivity contribution in [1.82, 2.24) is 4.90 Å². The Labute approximate surface area is 82.9 Å². The molecule has 0 aromatic heterocycles. The predicted molar refractivity (Wildman–Crippen MR) is 49.7 cm³/mol. The van der Waals surface area contributed by atoms with Crippen molar-refractivity contribution < 1.29 is 17.9 Å². The van der Waals surface area contributed by atoms with Crippen molar-refractivity contribution in [2.45, 2.75) is 24.6 Å². The zero-order valence-electron chi connectivity index (χ0n) is 7.97. The first-order valence-corrected chi connectivity index (χ1v) is 6.41. The molecule has 0 N–H and O–H groups in total. The average Bonchev–Trinajstić information content (AvgIpc) is 2.59. The number of hydrogen-bond acceptors (Lipinski definition) is 4. The lowest BCUT2D eigenvalue weighted by Crippen LogP contribution is -2.44. The van der Waals surface area contributed by atoms with Gasteiger partial charge in [-0.3, -0.25) is 0 Å². The molecule has 2 heterocycles. The fourth-order valence-corrected chi connectivity index (χ4v) is 4.15. The van der Waals surface area contributed by atoms with Gasteiger partial charge in [0.15, 0.2) is 9.84 Å². The molecule has 2 fully saturated rings. The van der Waals surface area contributed by atoms with Crippen LogP contribution in [0.1, 0.15) is 13.3 Å². The molecule has 6 heteroatoms. The minimum Gasteiger partial charge on any atom is -0.450 e. The molecule has 2 saturated heterocycles. The molecule has 5 nitrogen and oxygen atoms in total. The monoisotopic (exact) mass is 219 g/mol. The van der Waals surface area contributed by atoms with Crippen molar-refractivity contribution in [2.24, 2.45) is 0 Å². The number of nitrogens with zero attached hydrogens (tertiary/aromatic N) is 1. The number of fused-ring (bicyclic) bond motifs is 2. The number of carbonyl (C=O) groups excluding carboxylic acids is 1. The molecule has 2 aliphatic heterocycles. The lowest BCUT2D eigenvalue weighted by Gasteiger charge is -2.25. The lowest BCUT2D eigenvalue weighted by atomic mass is 10.2. The average molecular weight is 219 g/mol. The van der Waals surface area contributed by atoms with Crippen LogP contribution in [0, 0.1) is 0 Å². The molecule has 2 unspecified atom stereocenters. The quantitative estimate of drug-likeness (QED) is 0.623. The molecule has 0 aromatic carbocycles. The number of carbonyl (C=O) groups is 1. The molecule has 2 aliphatic rings. The van der Waals surface area contributed by atoms with E-state index < -0.39 is 9.84 Å². The molecular weight excluding hydrogens is 206 g/mol. The van der Waals surface area contributed by atoms with Gasteiger partial charge in [0.1, 0.15) is 0 Å². The van der Waals surface area contributed by atoms with E-state index in [0.29, 0.717) is 19.6 Å². The lowest BCUT2D eigenvalue weighted by molar-refractivity contribution is 0.105. The second kappa shape index (κ2) is 3.12. The number of hydrogen-bond donors (Lipinski definition) is 0. The normalized spacial score (nSPS) is 33.4. The van der Waals surface area contributed by atoms with E-state index in [-0.39, 0.29) is 23.1 Å². The Morgan fingerprint density at radius 1 is 1.57 bits per heavy atom. The van der Waals surface area contributed by atoms with Crippen LogP contribution in [0.2, 0.25) is 0 Å². The van der Waals surface area contributed by atoms with Gasteiger partial charge in [-0.05, 0) is 13.3 Å². The number of amides is 1. The topological polar surface area (TPSA) is 63.7 Å². The van der Waals surface area contributed by atoms with E-state index in [1.54, 1.807) is 6.92 Å². The van der Waals surface area contributed by atoms with Crippen LogP contribution < -0.4 is 0 Å². The number of ether oxygens (including phenoxy) is 1. The minimum atomic E-state index is -2.92. The first kappa shape index (κ1) is 9.76. The Kier molecular flexibility index (Phi) is 2.17. The van der Waals surface area contributed by atoms with Crippen molar-refractivity contribution in [2.75, 3.05) is 18.9 Å². The first-order chi connectivity index (χ1) is 6.54. The maximum absolute atomic E-state index is 11.4. The summed E-state index contributed by atoms with van der Waals surface area (Å²) in [7, 11) is -2.92. The fourth-order valence-electron chi connectivity index (χ4n) is 2.13. The van der Waals surface area contributed by atoms with Gasteiger partial charge in [0.2, 0.25) is 0 Å². The van der Waals surface area contributed by atoms with Gasteiger partial charge >= 0.3 is 6.09 Å². The van der Waals surface area contributed by atoms with Gasteiger partial charge in [-0.25, -0.2) is 13.2 Å². The smallest absolute Gasteiger partial charge is 0.410 e. The first-order valence-electron chi connectivity index (χ1n) is 4.69. The third kappa shape index (κ3) is 1.37. The molecule has 1 amide bonds. The van der Waals surface area contributed by atoms with Crippen LogP contribution in [0.3, 0.4) is 0 Å². The summed E-state index contributed by atoms with van der Waals surface area (Å²) < 4.78 is 27.6. The Hall–Kier alpha value is -0.780. The summed E-state index contributed by atoms with van der Waals surface area (Å²) >= 11 is 0. The van der Waals surface area contributed by atoms with Crippen molar-refractivity contribution >= 4 is 15.9 Å². The molecule has 0 spiro atoms. The van der Waals surface area contributed by atoms with E-state index in [1.807, 2.05) is 0 Å². The van der Waals surface area contributed by atoms with Gasteiger partial charge in [-0.2, -0.15) is 0 Å². The summed E-state index contributed by atoms with van der Waals surface area (Å²) in [6.45, 7) is 2.38. The van der Waals surface area contributed by atoms with Crippen LogP contribution in [-0.2, 0) is 14.6 Å². The molecule has 80 valence electrons. The summed E-state index contributed by atoms with van der Waals surface area (Å²) in [5, 5.41) is -0.350. The summed E-state index contributed by atoms with van der Waals surface area (Å²) in [5.74, 6) is 0.108. The highest BCUT2D eigenvalue weighted by atomic mass is 32.2. The van der Waals surface area contributed by atoms with Crippen molar-refractivity contribution in [3.8, 4) is 0 Å². The molecule has 2 bridgehead atoms. The van der Waals surface area contributed by atoms with Gasteiger partial charge in [0.05, 0.1) is 23.7 Å². The standard InChI is InChI=1S/C8H13NO4S/c1-2-13-8(10)9-4-7-3-6(9)5-14(7,11)12/h6-7H,2-5H2,1H3. The molecule has 2 atom stereocenters. The summed E-state index contributed by atoms with van der Waals surface area (Å²) in [5.41, 5.74) is 0. The second-order valence-electron chi connectivity index (χ2n) is 3.69. The molecule has 2 rings (SSSR count). The summed E-state index contributed by atoms with van der Waals surface area (Å²) in [6.07, 6.45) is 0.205. The van der Waals surface area contributed by atoms with E-state index in [1.165, 1.54) is 4.90 Å². The Morgan fingerprint density at radius 2 is 2.29 bits per heavy atom. The maximum atomic E-state index is 11.4. The highest BCUT2D eigenvalue weighted by Gasteiger charge is 2.50. The van der Waals surface area contributed by atoms with Crippen LogP contribution in [0.25, 0.3) is 0 Å². The van der Waals surface area contributed by atoms with Gasteiger partial charge in [-0.15, -0.1) is 0 Å². The fraction of sp³-hybridized carbons (Fsp3) is 0.875. The third-order valence-corrected chi connectivity index (χ3v) is 5.02. The molecule has 0 aromatic rings. The molecule has 0 radical (unpaired) electrons. The highest BCUT2D eigenvalue weighted by molar-refractivity contribution is 7.92. The van der Waals surface area contributed by atoms with Crippen molar-refractivity contribution in [1.29, 1.82) is 0 Å². The number of sulfone groups is 1. The van der Waals surface area contributed by atoms with E-state index in [9.17, 15) is 13.2 Å². The van der Waals surface area contributed by atoms with E-state index in [4.69, 9.17) is 4.74 Å². The largest absolute Gasteiger partial charge is 0.450 e. The van der Waals surface area contributed by atoms with Crippen LogP contribution in [0.5, 0.6) is 0 Å². The van der Waals surface area contributed by atoms with Gasteiger partial charge in [0, 0.05) is 6.54 Å². The van der Waals surface area contributed by atoms with Crippen LogP contribution in [0.15, 0.2) is 0 Å². The van der Waals surface area contributed by atoms with Crippen molar-refractivity contribution in [3.05, 3.63) is 0 Å². The Bertz CT molecular complexity index is 350. The van der Waals surface area contributed by atoms with Crippen LogP contribution >= 0.6 is 0 Å².